The molecule has 0 saturated heterocycles. The maximum Gasteiger partial charge on any atom is 0.181 e. The van der Waals surface area contributed by atoms with Crippen LogP contribution in [0, 0.1) is 5.21 Å². The SMILES string of the molecule is C/C=[N+](\[O-])N(C)c1ccccc1. The second kappa shape index (κ2) is 3.76. The number of rotatable bonds is 2. The van der Waals surface area contributed by atoms with Gasteiger partial charge in [-0.25, -0.2) is 0 Å². The Bertz CT molecular complexity index is 269. The third kappa shape index (κ3) is 1.75. The summed E-state index contributed by atoms with van der Waals surface area (Å²) in [6.07, 6.45) is 1.47. The molecule has 0 spiro atoms. The average Bonchev–Trinajstić information content (AvgIpc) is 2.17. The molecule has 0 N–H and O–H groups in total. The third-order valence-electron chi connectivity index (χ3n) is 1.65. The van der Waals surface area contributed by atoms with Gasteiger partial charge in [0.05, 0.1) is 12.7 Å². The number of hydrazine groups is 1. The van der Waals surface area contributed by atoms with Crippen LogP contribution in [-0.4, -0.2) is 18.1 Å². The predicted molar refractivity (Wildman–Crippen MR) is 50.2 cm³/mol. The number of benzene rings is 1. The van der Waals surface area contributed by atoms with Gasteiger partial charge in [0.25, 0.3) is 0 Å². The first-order chi connectivity index (χ1) is 5.75. The maximum atomic E-state index is 11.1. The molecule has 0 fully saturated rings. The van der Waals surface area contributed by atoms with E-state index in [1.165, 1.54) is 11.2 Å². The van der Waals surface area contributed by atoms with E-state index in [-0.39, 0.29) is 0 Å². The van der Waals surface area contributed by atoms with Crippen molar-refractivity contribution in [1.82, 2.24) is 0 Å². The van der Waals surface area contributed by atoms with Crippen LogP contribution in [0.5, 0.6) is 0 Å². The molecule has 0 aliphatic carbocycles. The number of anilines is 1. The van der Waals surface area contributed by atoms with Gasteiger partial charge in [0.15, 0.2) is 6.21 Å². The minimum Gasteiger partial charge on any atom is -0.596 e. The van der Waals surface area contributed by atoms with Gasteiger partial charge in [-0.15, -0.1) is 5.01 Å². The van der Waals surface area contributed by atoms with E-state index in [2.05, 4.69) is 0 Å². The van der Waals surface area contributed by atoms with Gasteiger partial charge in [0.2, 0.25) is 0 Å². The van der Waals surface area contributed by atoms with Crippen LogP contribution >= 0.6 is 0 Å². The first kappa shape index (κ1) is 8.59. The zero-order valence-corrected chi connectivity index (χ0v) is 7.27. The molecule has 0 atom stereocenters. The molecule has 0 saturated carbocycles. The number of para-hydroxylation sites is 1. The summed E-state index contributed by atoms with van der Waals surface area (Å²) in [6, 6.07) is 9.48. The lowest BCUT2D eigenvalue weighted by Gasteiger charge is -2.15. The fourth-order valence-corrected chi connectivity index (χ4v) is 0.931. The monoisotopic (exact) mass is 164 g/mol. The van der Waals surface area contributed by atoms with Gasteiger partial charge < -0.3 is 5.21 Å². The van der Waals surface area contributed by atoms with E-state index in [0.29, 0.717) is 0 Å². The minimum atomic E-state index is 0.787. The Morgan fingerprint density at radius 2 is 1.92 bits per heavy atom. The van der Waals surface area contributed by atoms with Gasteiger partial charge in [-0.2, -0.15) is 0 Å². The molecule has 0 unspecified atom stereocenters. The van der Waals surface area contributed by atoms with E-state index in [9.17, 15) is 5.21 Å². The van der Waals surface area contributed by atoms with Crippen LogP contribution < -0.4 is 5.01 Å². The van der Waals surface area contributed by atoms with Crippen LogP contribution in [0.4, 0.5) is 5.69 Å². The van der Waals surface area contributed by atoms with Gasteiger partial charge in [0.1, 0.15) is 0 Å². The molecule has 0 bridgehead atoms. The first-order valence-corrected chi connectivity index (χ1v) is 3.80. The molecule has 0 heterocycles. The molecule has 0 aromatic heterocycles. The Kier molecular flexibility index (Phi) is 2.69. The van der Waals surface area contributed by atoms with Crippen LogP contribution in [0.3, 0.4) is 0 Å². The standard InChI is InChI=1S/C9H12N2O/c1-3-11(12)10(2)9-7-5-4-6-8-9/h3-8H,1-2H3/b11-3-. The normalized spacial score (nSPS) is 11.3. The molecule has 1 aromatic carbocycles. The van der Waals surface area contributed by atoms with Crippen molar-refractivity contribution >= 4 is 11.9 Å². The summed E-state index contributed by atoms with van der Waals surface area (Å²) < 4.78 is 0. The number of hydrogen-bond donors (Lipinski definition) is 0. The Labute approximate surface area is 72.1 Å². The van der Waals surface area contributed by atoms with E-state index in [4.69, 9.17) is 0 Å². The first-order valence-electron chi connectivity index (χ1n) is 3.80. The molecule has 0 aliphatic rings. The fourth-order valence-electron chi connectivity index (χ4n) is 0.931. The van der Waals surface area contributed by atoms with Gasteiger partial charge in [0, 0.05) is 6.92 Å². The Hall–Kier alpha value is -1.51. The number of nitrogens with zero attached hydrogens (tertiary/aromatic N) is 2. The molecular weight excluding hydrogens is 152 g/mol. The summed E-state index contributed by atoms with van der Waals surface area (Å²) >= 11 is 0. The smallest absolute Gasteiger partial charge is 0.181 e. The molecule has 0 radical (unpaired) electrons. The lowest BCUT2D eigenvalue weighted by atomic mass is 10.3. The van der Waals surface area contributed by atoms with Crippen LogP contribution in [0.25, 0.3) is 0 Å². The van der Waals surface area contributed by atoms with E-state index >= 15 is 0 Å². The van der Waals surface area contributed by atoms with Crippen LogP contribution in [0.1, 0.15) is 6.92 Å². The van der Waals surface area contributed by atoms with E-state index in [0.717, 1.165) is 10.5 Å². The van der Waals surface area contributed by atoms with E-state index < -0.39 is 0 Å². The number of hydrazone groups is 1. The van der Waals surface area contributed by atoms with Gasteiger partial charge >= 0.3 is 0 Å². The molecule has 12 heavy (non-hydrogen) atoms. The number of hydrogen-bond acceptors (Lipinski definition) is 2. The van der Waals surface area contributed by atoms with Crippen molar-refractivity contribution in [1.29, 1.82) is 0 Å². The molecule has 3 nitrogen and oxygen atoms in total. The Balaban J connectivity index is 2.86. The molecule has 3 heteroatoms. The summed E-state index contributed by atoms with van der Waals surface area (Å²) in [5.74, 6) is 0. The predicted octanol–water partition coefficient (Wildman–Crippen LogP) is 1.64. The molecular formula is C9H12N2O. The molecule has 0 aliphatic heterocycles. The second-order valence-electron chi connectivity index (χ2n) is 2.42. The highest BCUT2D eigenvalue weighted by Gasteiger charge is 2.03. The van der Waals surface area contributed by atoms with Crippen molar-refractivity contribution in [2.75, 3.05) is 12.1 Å². The van der Waals surface area contributed by atoms with Crippen LogP contribution in [0.15, 0.2) is 30.3 Å². The summed E-state index contributed by atoms with van der Waals surface area (Å²) in [6.45, 7) is 1.70. The Morgan fingerprint density at radius 3 is 2.42 bits per heavy atom. The molecule has 64 valence electrons. The van der Waals surface area contributed by atoms with Crippen molar-refractivity contribution in [3.8, 4) is 0 Å². The zero-order chi connectivity index (χ0) is 8.97. The fraction of sp³-hybridized carbons (Fsp3) is 0.222. The van der Waals surface area contributed by atoms with Crippen molar-refractivity contribution in [3.05, 3.63) is 35.5 Å². The summed E-state index contributed by atoms with van der Waals surface area (Å²) in [4.78, 5) is 0.787. The average molecular weight is 164 g/mol. The lowest BCUT2D eigenvalue weighted by Crippen LogP contribution is -2.26. The Morgan fingerprint density at radius 1 is 1.33 bits per heavy atom. The zero-order valence-electron chi connectivity index (χ0n) is 7.27. The van der Waals surface area contributed by atoms with Crippen molar-refractivity contribution in [3.63, 3.8) is 0 Å². The minimum absolute atomic E-state index is 0.787. The summed E-state index contributed by atoms with van der Waals surface area (Å²) in [5.41, 5.74) is 0.880. The van der Waals surface area contributed by atoms with Crippen LogP contribution in [0.2, 0.25) is 0 Å². The quantitative estimate of drug-likeness (QED) is 0.288. The van der Waals surface area contributed by atoms with Crippen LogP contribution in [-0.2, 0) is 0 Å². The van der Waals surface area contributed by atoms with Gasteiger partial charge in [-0.1, -0.05) is 23.0 Å². The summed E-state index contributed by atoms with van der Waals surface area (Å²) in [7, 11) is 1.72. The second-order valence-corrected chi connectivity index (χ2v) is 2.42. The van der Waals surface area contributed by atoms with Crippen molar-refractivity contribution in [2.45, 2.75) is 6.92 Å². The van der Waals surface area contributed by atoms with Crippen molar-refractivity contribution in [2.24, 2.45) is 0 Å². The van der Waals surface area contributed by atoms with E-state index in [1.54, 1.807) is 14.0 Å². The van der Waals surface area contributed by atoms with Gasteiger partial charge in [-0.05, 0) is 12.1 Å². The highest BCUT2D eigenvalue weighted by Crippen LogP contribution is 2.09. The molecule has 1 rings (SSSR count). The topological polar surface area (TPSA) is 29.3 Å². The third-order valence-corrected chi connectivity index (χ3v) is 1.65. The largest absolute Gasteiger partial charge is 0.596 e. The van der Waals surface area contributed by atoms with Crippen molar-refractivity contribution < 1.29 is 4.85 Å². The highest BCUT2D eigenvalue weighted by molar-refractivity contribution is 5.49. The maximum absolute atomic E-state index is 11.1. The lowest BCUT2D eigenvalue weighted by molar-refractivity contribution is -0.464. The molecule has 1 aromatic rings. The van der Waals surface area contributed by atoms with Gasteiger partial charge in [-0.3, -0.25) is 0 Å². The highest BCUT2D eigenvalue weighted by atomic mass is 16.5. The van der Waals surface area contributed by atoms with E-state index in [1.807, 2.05) is 30.3 Å². The summed E-state index contributed by atoms with van der Waals surface area (Å²) in [5, 5.41) is 12.6. The molecule has 0 amide bonds.